The Bertz CT molecular complexity index is 999. The fourth-order valence-corrected chi connectivity index (χ4v) is 2.51. The van der Waals surface area contributed by atoms with Gasteiger partial charge < -0.3 is 19.1 Å². The Kier molecular flexibility index (Phi) is 4.31. The molecule has 0 radical (unpaired) electrons. The van der Waals surface area contributed by atoms with Crippen molar-refractivity contribution in [2.75, 3.05) is 0 Å². The van der Waals surface area contributed by atoms with E-state index in [1.54, 1.807) is 30.3 Å². The largest absolute Gasteiger partial charge is 0.546 e. The van der Waals surface area contributed by atoms with E-state index in [9.17, 15) is 14.7 Å². The maximum Gasteiger partial charge on any atom is 0.235 e. The topological polar surface area (TPSA) is 79.6 Å². The monoisotopic (exact) mass is 337 g/mol. The van der Waals surface area contributed by atoms with E-state index in [0.717, 1.165) is 11.1 Å². The van der Waals surface area contributed by atoms with Crippen LogP contribution in [-0.4, -0.2) is 12.1 Å². The minimum absolute atomic E-state index is 0.128. The summed E-state index contributed by atoms with van der Waals surface area (Å²) in [5.74, 6) is -1.33. The predicted molar refractivity (Wildman–Crippen MR) is 92.5 cm³/mol. The highest BCUT2D eigenvalue weighted by atomic mass is 16.5. The van der Waals surface area contributed by atoms with E-state index < -0.39 is 17.5 Å². The number of aryl methyl sites for hydroxylation is 2. The number of hydrogen-bond donors (Lipinski definition) is 0. The second-order valence-corrected chi connectivity index (χ2v) is 6.03. The molecule has 0 fully saturated rings. The molecule has 0 saturated heterocycles. The van der Waals surface area contributed by atoms with E-state index in [1.165, 1.54) is 6.92 Å². The van der Waals surface area contributed by atoms with E-state index >= 15 is 0 Å². The quantitative estimate of drug-likeness (QED) is 0.731. The third-order valence-electron chi connectivity index (χ3n) is 3.95. The fourth-order valence-electron chi connectivity index (χ4n) is 2.51. The van der Waals surface area contributed by atoms with Crippen LogP contribution in [0.1, 0.15) is 18.1 Å². The van der Waals surface area contributed by atoms with Crippen molar-refractivity contribution in [1.82, 2.24) is 0 Å². The highest BCUT2D eigenvalue weighted by Crippen LogP contribution is 2.31. The van der Waals surface area contributed by atoms with Gasteiger partial charge >= 0.3 is 0 Å². The number of rotatable bonds is 4. The molecule has 3 rings (SSSR count). The lowest BCUT2D eigenvalue weighted by Gasteiger charge is -2.17. The Labute approximate surface area is 144 Å². The molecule has 5 nitrogen and oxygen atoms in total. The third-order valence-corrected chi connectivity index (χ3v) is 3.95. The second kappa shape index (κ2) is 6.43. The van der Waals surface area contributed by atoms with Crippen molar-refractivity contribution in [3.05, 3.63) is 63.8 Å². The van der Waals surface area contributed by atoms with Crippen LogP contribution in [0.4, 0.5) is 0 Å². The van der Waals surface area contributed by atoms with Crippen molar-refractivity contribution < 1.29 is 19.1 Å². The van der Waals surface area contributed by atoms with Gasteiger partial charge in [-0.3, -0.25) is 4.79 Å². The Morgan fingerprint density at radius 2 is 1.72 bits per heavy atom. The lowest BCUT2D eigenvalue weighted by molar-refractivity contribution is -0.312. The first kappa shape index (κ1) is 16.8. The van der Waals surface area contributed by atoms with Crippen molar-refractivity contribution >= 4 is 16.9 Å². The molecule has 1 atom stereocenters. The number of aliphatic carboxylic acids is 1. The van der Waals surface area contributed by atoms with Gasteiger partial charge in [0, 0.05) is 5.56 Å². The van der Waals surface area contributed by atoms with Gasteiger partial charge in [0.05, 0.1) is 11.4 Å². The highest BCUT2D eigenvalue weighted by Gasteiger charge is 2.20. The number of carbonyl (C=O) groups excluding carboxylic acids is 1. The van der Waals surface area contributed by atoms with Crippen LogP contribution < -0.4 is 15.3 Å². The van der Waals surface area contributed by atoms with Crippen LogP contribution >= 0.6 is 0 Å². The minimum Gasteiger partial charge on any atom is -0.546 e. The van der Waals surface area contributed by atoms with Crippen LogP contribution in [0.2, 0.25) is 0 Å². The molecule has 2 aromatic carbocycles. The molecule has 5 heteroatoms. The maximum absolute atomic E-state index is 12.9. The van der Waals surface area contributed by atoms with Crippen molar-refractivity contribution in [1.29, 1.82) is 0 Å². The Morgan fingerprint density at radius 1 is 1.08 bits per heavy atom. The lowest BCUT2D eigenvalue weighted by Crippen LogP contribution is -2.38. The number of carbonyl (C=O) groups is 1. The number of hydrogen-bond acceptors (Lipinski definition) is 5. The summed E-state index contributed by atoms with van der Waals surface area (Å²) in [4.78, 5) is 23.9. The van der Waals surface area contributed by atoms with Gasteiger partial charge in [-0.05, 0) is 38.5 Å². The summed E-state index contributed by atoms with van der Waals surface area (Å²) in [7, 11) is 0. The number of fused-ring (bicyclic) bond motifs is 1. The zero-order valence-electron chi connectivity index (χ0n) is 14.2. The zero-order chi connectivity index (χ0) is 18.1. The van der Waals surface area contributed by atoms with Crippen molar-refractivity contribution in [2.45, 2.75) is 26.9 Å². The molecule has 25 heavy (non-hydrogen) atoms. The summed E-state index contributed by atoms with van der Waals surface area (Å²) in [6.07, 6.45) is -1.28. The van der Waals surface area contributed by atoms with Crippen LogP contribution in [-0.2, 0) is 4.79 Å². The van der Waals surface area contributed by atoms with Crippen LogP contribution in [0.15, 0.2) is 51.7 Å². The normalized spacial score (nSPS) is 12.1. The summed E-state index contributed by atoms with van der Waals surface area (Å²) in [6.45, 7) is 5.15. The number of carboxylic acids is 1. The van der Waals surface area contributed by atoms with Gasteiger partial charge in [0.2, 0.25) is 11.2 Å². The highest BCUT2D eigenvalue weighted by molar-refractivity contribution is 5.83. The maximum atomic E-state index is 12.9. The third kappa shape index (κ3) is 3.26. The van der Waals surface area contributed by atoms with Crippen LogP contribution in [0.25, 0.3) is 22.3 Å². The first-order valence-corrected chi connectivity index (χ1v) is 7.89. The molecule has 128 valence electrons. The second-order valence-electron chi connectivity index (χ2n) is 6.03. The van der Waals surface area contributed by atoms with Crippen molar-refractivity contribution in [3.8, 4) is 17.1 Å². The molecule has 0 spiro atoms. The number of ether oxygens (including phenoxy) is 1. The lowest BCUT2D eigenvalue weighted by atomic mass is 10.1. The molecule has 0 N–H and O–H groups in total. The molecule has 0 bridgehead atoms. The van der Waals surface area contributed by atoms with E-state index in [0.29, 0.717) is 16.5 Å². The van der Waals surface area contributed by atoms with Gasteiger partial charge in [-0.15, -0.1) is 0 Å². The molecule has 0 aliphatic rings. The first-order valence-electron chi connectivity index (χ1n) is 7.89. The molecular weight excluding hydrogens is 320 g/mol. The summed E-state index contributed by atoms with van der Waals surface area (Å²) in [6, 6.07) is 12.5. The van der Waals surface area contributed by atoms with E-state index in [1.807, 2.05) is 26.0 Å². The summed E-state index contributed by atoms with van der Waals surface area (Å²) >= 11 is 0. The smallest absolute Gasteiger partial charge is 0.235 e. The van der Waals surface area contributed by atoms with E-state index in [-0.39, 0.29) is 11.5 Å². The molecule has 0 amide bonds. The Balaban J connectivity index is 2.29. The fraction of sp³-hybridized carbons (Fsp3) is 0.200. The van der Waals surface area contributed by atoms with E-state index in [4.69, 9.17) is 9.15 Å². The number of carboxylic acid groups (broad SMARTS) is 1. The summed E-state index contributed by atoms with van der Waals surface area (Å²) in [5, 5.41) is 11.4. The van der Waals surface area contributed by atoms with E-state index in [2.05, 4.69) is 0 Å². The molecule has 1 heterocycles. The molecule has 3 aromatic rings. The molecule has 0 saturated carbocycles. The predicted octanol–water partition coefficient (Wildman–Crippen LogP) is 2.59. The molecule has 0 aliphatic heterocycles. The van der Waals surface area contributed by atoms with Gasteiger partial charge in [-0.1, -0.05) is 35.9 Å². The molecular formula is C20H17O5-. The molecule has 1 aromatic heterocycles. The SMILES string of the molecule is Cc1ccc(-c2oc3cc(C)ccc3c(=O)c2O[C@H](C)C(=O)[O-])cc1. The van der Waals surface area contributed by atoms with Crippen LogP contribution in [0.3, 0.4) is 0 Å². The average molecular weight is 337 g/mol. The van der Waals surface area contributed by atoms with Crippen LogP contribution in [0, 0.1) is 13.8 Å². The first-order chi connectivity index (χ1) is 11.9. The van der Waals surface area contributed by atoms with Gasteiger partial charge in [0.25, 0.3) is 0 Å². The van der Waals surface area contributed by atoms with Crippen LogP contribution in [0.5, 0.6) is 5.75 Å². The van der Waals surface area contributed by atoms with Gasteiger partial charge in [-0.25, -0.2) is 0 Å². The average Bonchev–Trinajstić information content (AvgIpc) is 2.57. The zero-order valence-corrected chi connectivity index (χ0v) is 14.2. The van der Waals surface area contributed by atoms with Crippen molar-refractivity contribution in [2.24, 2.45) is 0 Å². The van der Waals surface area contributed by atoms with Gasteiger partial charge in [0.1, 0.15) is 11.7 Å². The van der Waals surface area contributed by atoms with Gasteiger partial charge in [0.15, 0.2) is 5.76 Å². The number of benzene rings is 2. The molecule has 0 unspecified atom stereocenters. The van der Waals surface area contributed by atoms with Gasteiger partial charge in [-0.2, -0.15) is 0 Å². The Hall–Kier alpha value is -3.08. The summed E-state index contributed by atoms with van der Waals surface area (Å²) < 4.78 is 11.3. The summed E-state index contributed by atoms with van der Waals surface area (Å²) in [5.41, 5.74) is 2.64. The standard InChI is InChI=1S/C20H18O5/c1-11-4-7-14(8-5-11)18-19(24-13(3)20(22)23)17(21)15-9-6-12(2)10-16(15)25-18/h4-10,13H,1-3H3,(H,22,23)/p-1/t13-/m1/s1. The van der Waals surface area contributed by atoms with Crippen molar-refractivity contribution in [3.63, 3.8) is 0 Å². The minimum atomic E-state index is -1.40. The molecule has 0 aliphatic carbocycles. The Morgan fingerprint density at radius 3 is 2.36 bits per heavy atom.